The molecule has 0 aromatic heterocycles. The zero-order valence-electron chi connectivity index (χ0n) is 10.9. The summed E-state index contributed by atoms with van der Waals surface area (Å²) in [5.74, 6) is 0.148. The molecule has 0 saturated heterocycles. The minimum absolute atomic E-state index is 0.128. The van der Waals surface area contributed by atoms with Gasteiger partial charge in [-0.1, -0.05) is 13.8 Å². The summed E-state index contributed by atoms with van der Waals surface area (Å²) >= 11 is 0. The maximum Gasteiger partial charge on any atom is 0.221 e. The third-order valence-electron chi connectivity index (χ3n) is 2.99. The van der Waals surface area contributed by atoms with E-state index in [2.05, 4.69) is 30.6 Å². The quantitative estimate of drug-likeness (QED) is 0.630. The number of nitrogens with one attached hydrogen (secondary N) is 2. The van der Waals surface area contributed by atoms with Crippen LogP contribution in [0, 0.1) is 16.7 Å². The van der Waals surface area contributed by atoms with Crippen LogP contribution in [0.15, 0.2) is 0 Å². The second-order valence-electron chi connectivity index (χ2n) is 5.59. The number of rotatable bonds is 8. The maximum atomic E-state index is 11.4. The minimum Gasteiger partial charge on any atom is -0.353 e. The number of hydrogen-bond donors (Lipinski definition) is 2. The number of amides is 1. The van der Waals surface area contributed by atoms with Crippen LogP contribution in [0.1, 0.15) is 46.0 Å². The molecule has 4 nitrogen and oxygen atoms in total. The Labute approximate surface area is 104 Å². The first-order valence-electron chi connectivity index (χ1n) is 6.40. The molecule has 0 heterocycles. The Hall–Kier alpha value is -1.08. The standard InChI is InChI=1S/C13H23N3O/c1-13(2,7-3-8-14)10-15-9-6-12(17)16-11-4-5-11/h11,15H,3-7,9-10H2,1-2H3,(H,16,17). The third-order valence-corrected chi connectivity index (χ3v) is 2.99. The Bertz CT molecular complexity index is 290. The Morgan fingerprint density at radius 2 is 2.18 bits per heavy atom. The minimum atomic E-state index is 0.128. The molecule has 0 unspecified atom stereocenters. The van der Waals surface area contributed by atoms with E-state index in [0.29, 0.717) is 25.4 Å². The van der Waals surface area contributed by atoms with Gasteiger partial charge in [0.25, 0.3) is 0 Å². The lowest BCUT2D eigenvalue weighted by Gasteiger charge is -2.23. The van der Waals surface area contributed by atoms with Gasteiger partial charge in [0.1, 0.15) is 0 Å². The summed E-state index contributed by atoms with van der Waals surface area (Å²) in [6.45, 7) is 5.85. The number of nitriles is 1. The van der Waals surface area contributed by atoms with E-state index in [4.69, 9.17) is 5.26 Å². The van der Waals surface area contributed by atoms with E-state index in [1.807, 2.05) is 0 Å². The molecular weight excluding hydrogens is 214 g/mol. The summed E-state index contributed by atoms with van der Waals surface area (Å²) in [5, 5.41) is 14.8. The Morgan fingerprint density at radius 1 is 1.47 bits per heavy atom. The van der Waals surface area contributed by atoms with Crippen molar-refractivity contribution < 1.29 is 4.79 Å². The van der Waals surface area contributed by atoms with Crippen molar-refractivity contribution in [2.45, 2.75) is 52.0 Å². The van der Waals surface area contributed by atoms with Crippen molar-refractivity contribution in [2.24, 2.45) is 5.41 Å². The van der Waals surface area contributed by atoms with Gasteiger partial charge in [0.15, 0.2) is 0 Å². The molecule has 0 aromatic rings. The van der Waals surface area contributed by atoms with Gasteiger partial charge in [0, 0.05) is 32.0 Å². The van der Waals surface area contributed by atoms with Gasteiger partial charge in [0.05, 0.1) is 6.07 Å². The normalized spacial score (nSPS) is 15.4. The average Bonchev–Trinajstić information content (AvgIpc) is 3.06. The van der Waals surface area contributed by atoms with Crippen LogP contribution in [0.2, 0.25) is 0 Å². The van der Waals surface area contributed by atoms with Crippen molar-refractivity contribution in [1.82, 2.24) is 10.6 Å². The zero-order chi connectivity index (χ0) is 12.7. The third kappa shape index (κ3) is 6.96. The van der Waals surface area contributed by atoms with E-state index in [-0.39, 0.29) is 11.3 Å². The lowest BCUT2D eigenvalue weighted by molar-refractivity contribution is -0.121. The zero-order valence-corrected chi connectivity index (χ0v) is 10.9. The van der Waals surface area contributed by atoms with E-state index in [0.717, 1.165) is 25.8 Å². The smallest absolute Gasteiger partial charge is 0.221 e. The van der Waals surface area contributed by atoms with Crippen LogP contribution in [0.5, 0.6) is 0 Å². The van der Waals surface area contributed by atoms with Crippen LogP contribution in [-0.2, 0) is 4.79 Å². The largest absolute Gasteiger partial charge is 0.353 e. The molecule has 0 aromatic carbocycles. The number of hydrogen-bond acceptors (Lipinski definition) is 3. The summed E-state index contributed by atoms with van der Waals surface area (Å²) in [6.07, 6.45) is 4.31. The average molecular weight is 237 g/mol. The number of nitrogens with zero attached hydrogens (tertiary/aromatic N) is 1. The molecular formula is C13H23N3O. The summed E-state index contributed by atoms with van der Waals surface area (Å²) in [6, 6.07) is 2.62. The van der Waals surface area contributed by atoms with E-state index >= 15 is 0 Å². The van der Waals surface area contributed by atoms with Crippen molar-refractivity contribution >= 4 is 5.91 Å². The molecule has 1 fully saturated rings. The fourth-order valence-corrected chi connectivity index (χ4v) is 1.64. The van der Waals surface area contributed by atoms with Crippen molar-refractivity contribution in [2.75, 3.05) is 13.1 Å². The number of carbonyl (C=O) groups excluding carboxylic acids is 1. The van der Waals surface area contributed by atoms with Gasteiger partial charge in [-0.25, -0.2) is 0 Å². The Balaban J connectivity index is 2.02. The summed E-state index contributed by atoms with van der Waals surface area (Å²) in [5.41, 5.74) is 0.128. The molecule has 1 saturated carbocycles. The molecule has 1 aliphatic rings. The summed E-state index contributed by atoms with van der Waals surface area (Å²) in [7, 11) is 0. The second kappa shape index (κ2) is 6.61. The van der Waals surface area contributed by atoms with E-state index < -0.39 is 0 Å². The van der Waals surface area contributed by atoms with Crippen LogP contribution < -0.4 is 10.6 Å². The number of carbonyl (C=O) groups is 1. The highest BCUT2D eigenvalue weighted by Crippen LogP contribution is 2.20. The monoisotopic (exact) mass is 237 g/mol. The van der Waals surface area contributed by atoms with Crippen LogP contribution in [0.3, 0.4) is 0 Å². The summed E-state index contributed by atoms with van der Waals surface area (Å²) < 4.78 is 0. The lowest BCUT2D eigenvalue weighted by Crippen LogP contribution is -2.33. The van der Waals surface area contributed by atoms with Gasteiger partial charge in [0.2, 0.25) is 5.91 Å². The molecule has 0 radical (unpaired) electrons. The fourth-order valence-electron chi connectivity index (χ4n) is 1.64. The molecule has 1 aliphatic carbocycles. The highest BCUT2D eigenvalue weighted by Gasteiger charge is 2.23. The first kappa shape index (κ1) is 14.0. The van der Waals surface area contributed by atoms with Gasteiger partial charge in [-0.2, -0.15) is 5.26 Å². The van der Waals surface area contributed by atoms with Crippen molar-refractivity contribution in [1.29, 1.82) is 5.26 Å². The first-order chi connectivity index (χ1) is 8.03. The van der Waals surface area contributed by atoms with E-state index in [1.54, 1.807) is 0 Å². The Kier molecular flexibility index (Phi) is 5.43. The van der Waals surface area contributed by atoms with Crippen LogP contribution >= 0.6 is 0 Å². The van der Waals surface area contributed by atoms with Crippen molar-refractivity contribution in [3.63, 3.8) is 0 Å². The van der Waals surface area contributed by atoms with Gasteiger partial charge in [-0.3, -0.25) is 4.79 Å². The highest BCUT2D eigenvalue weighted by atomic mass is 16.1. The van der Waals surface area contributed by atoms with Gasteiger partial charge < -0.3 is 10.6 Å². The SMILES string of the molecule is CC(C)(CCC#N)CNCCC(=O)NC1CC1. The maximum absolute atomic E-state index is 11.4. The fraction of sp³-hybridized carbons (Fsp3) is 0.846. The van der Waals surface area contributed by atoms with Gasteiger partial charge in [-0.15, -0.1) is 0 Å². The molecule has 0 spiro atoms. The molecule has 4 heteroatoms. The first-order valence-corrected chi connectivity index (χ1v) is 6.40. The van der Waals surface area contributed by atoms with E-state index in [9.17, 15) is 4.79 Å². The molecule has 0 atom stereocenters. The van der Waals surface area contributed by atoms with Crippen LogP contribution in [-0.4, -0.2) is 25.0 Å². The van der Waals surface area contributed by atoms with Crippen molar-refractivity contribution in [3.8, 4) is 6.07 Å². The predicted molar refractivity (Wildman–Crippen MR) is 67.3 cm³/mol. The Morgan fingerprint density at radius 3 is 2.76 bits per heavy atom. The molecule has 0 aliphatic heterocycles. The molecule has 96 valence electrons. The topological polar surface area (TPSA) is 64.9 Å². The van der Waals surface area contributed by atoms with Gasteiger partial charge >= 0.3 is 0 Å². The molecule has 17 heavy (non-hydrogen) atoms. The highest BCUT2D eigenvalue weighted by molar-refractivity contribution is 5.76. The second-order valence-corrected chi connectivity index (χ2v) is 5.59. The van der Waals surface area contributed by atoms with Crippen molar-refractivity contribution in [3.05, 3.63) is 0 Å². The van der Waals surface area contributed by atoms with Crippen LogP contribution in [0.4, 0.5) is 0 Å². The molecule has 2 N–H and O–H groups in total. The lowest BCUT2D eigenvalue weighted by atomic mass is 9.88. The molecule has 0 bridgehead atoms. The predicted octanol–water partition coefficient (Wildman–Crippen LogP) is 1.57. The van der Waals surface area contributed by atoms with Crippen LogP contribution in [0.25, 0.3) is 0 Å². The van der Waals surface area contributed by atoms with Gasteiger partial charge in [-0.05, 0) is 24.7 Å². The van der Waals surface area contributed by atoms with E-state index in [1.165, 1.54) is 0 Å². The molecule has 1 rings (SSSR count). The summed E-state index contributed by atoms with van der Waals surface area (Å²) in [4.78, 5) is 11.4. The molecule has 1 amide bonds.